The molecule has 0 atom stereocenters. The van der Waals surface area contributed by atoms with Crippen LogP contribution in [0.25, 0.3) is 6.08 Å². The minimum absolute atomic E-state index is 0.945. The van der Waals surface area contributed by atoms with Gasteiger partial charge in [-0.15, -0.1) is 11.3 Å². The van der Waals surface area contributed by atoms with Crippen LogP contribution < -0.4 is 0 Å². The van der Waals surface area contributed by atoms with Crippen molar-refractivity contribution in [3.63, 3.8) is 0 Å². The average molecular weight is 192 g/mol. The number of thiophene rings is 1. The molecular weight excluding hydrogens is 176 g/mol. The second-order valence-electron chi connectivity index (χ2n) is 4.00. The Morgan fingerprint density at radius 3 is 2.77 bits per heavy atom. The van der Waals surface area contributed by atoms with Crippen LogP contribution in [0, 0.1) is 5.92 Å². The molecule has 1 aromatic heterocycles. The van der Waals surface area contributed by atoms with E-state index in [1.165, 1.54) is 30.6 Å². The number of hydrogen-bond acceptors (Lipinski definition) is 1. The molecule has 0 amide bonds. The highest BCUT2D eigenvalue weighted by Gasteiger charge is 2.11. The molecule has 2 rings (SSSR count). The summed E-state index contributed by atoms with van der Waals surface area (Å²) in [5.74, 6) is 0.945. The van der Waals surface area contributed by atoms with Crippen LogP contribution in [-0.4, -0.2) is 0 Å². The number of hydrogen-bond donors (Lipinski definition) is 0. The first kappa shape index (κ1) is 9.01. The summed E-state index contributed by atoms with van der Waals surface area (Å²) in [4.78, 5) is 1.42. The van der Waals surface area contributed by atoms with Crippen LogP contribution >= 0.6 is 11.3 Å². The predicted molar refractivity (Wildman–Crippen MR) is 59.9 cm³/mol. The maximum absolute atomic E-state index is 2.39. The fourth-order valence-electron chi connectivity index (χ4n) is 1.85. The number of allylic oxidation sites excluding steroid dienone is 1. The van der Waals surface area contributed by atoms with E-state index in [2.05, 4.69) is 30.5 Å². The Hall–Kier alpha value is -0.560. The Kier molecular flexibility index (Phi) is 2.84. The summed E-state index contributed by atoms with van der Waals surface area (Å²) in [5, 5.41) is 2.15. The highest BCUT2D eigenvalue weighted by Crippen LogP contribution is 2.29. The lowest BCUT2D eigenvalue weighted by Gasteiger charge is -2.19. The third-order valence-corrected chi connectivity index (χ3v) is 3.63. The van der Waals surface area contributed by atoms with Crippen molar-refractivity contribution < 1.29 is 0 Å². The summed E-state index contributed by atoms with van der Waals surface area (Å²) in [6.45, 7) is 2.36. The summed E-state index contributed by atoms with van der Waals surface area (Å²) in [6.07, 6.45) is 7.79. The Morgan fingerprint density at radius 1 is 1.38 bits per heavy atom. The molecule has 0 aromatic carbocycles. The standard InChI is InChI=1S/C12H16S/c1-10-4-6-11(7-5-10)9-12-3-2-8-13-12/h2-3,8-10H,4-7H2,1H3. The molecule has 1 saturated carbocycles. The van der Waals surface area contributed by atoms with Crippen LogP contribution in [0.2, 0.25) is 0 Å². The van der Waals surface area contributed by atoms with Gasteiger partial charge in [-0.25, -0.2) is 0 Å². The molecule has 1 fully saturated rings. The van der Waals surface area contributed by atoms with Gasteiger partial charge in [-0.1, -0.05) is 18.6 Å². The lowest BCUT2D eigenvalue weighted by molar-refractivity contribution is 0.446. The molecule has 0 unspecified atom stereocenters. The van der Waals surface area contributed by atoms with Gasteiger partial charge in [0.2, 0.25) is 0 Å². The molecule has 1 aromatic rings. The lowest BCUT2D eigenvalue weighted by Crippen LogP contribution is -2.03. The van der Waals surface area contributed by atoms with Crippen molar-refractivity contribution in [1.82, 2.24) is 0 Å². The van der Waals surface area contributed by atoms with Gasteiger partial charge in [0.25, 0.3) is 0 Å². The first-order valence-corrected chi connectivity index (χ1v) is 5.95. The zero-order valence-corrected chi connectivity index (χ0v) is 8.94. The van der Waals surface area contributed by atoms with E-state index >= 15 is 0 Å². The molecule has 70 valence electrons. The van der Waals surface area contributed by atoms with Crippen molar-refractivity contribution in [2.75, 3.05) is 0 Å². The highest BCUT2D eigenvalue weighted by molar-refractivity contribution is 7.10. The number of rotatable bonds is 1. The maximum Gasteiger partial charge on any atom is 0.0269 e. The second-order valence-corrected chi connectivity index (χ2v) is 4.98. The van der Waals surface area contributed by atoms with Crippen LogP contribution in [0.3, 0.4) is 0 Å². The molecule has 0 nitrogen and oxygen atoms in total. The van der Waals surface area contributed by atoms with Gasteiger partial charge in [-0.05, 0) is 49.1 Å². The van der Waals surface area contributed by atoms with Gasteiger partial charge < -0.3 is 0 Å². The SMILES string of the molecule is CC1CCC(=Cc2cccs2)CC1. The predicted octanol–water partition coefficient (Wildman–Crippen LogP) is 4.34. The molecule has 0 radical (unpaired) electrons. The zero-order valence-electron chi connectivity index (χ0n) is 8.12. The fraction of sp³-hybridized carbons (Fsp3) is 0.500. The van der Waals surface area contributed by atoms with Gasteiger partial charge >= 0.3 is 0 Å². The van der Waals surface area contributed by atoms with E-state index in [1.807, 2.05) is 11.3 Å². The monoisotopic (exact) mass is 192 g/mol. The Bertz CT molecular complexity index is 272. The van der Waals surface area contributed by atoms with Gasteiger partial charge in [0, 0.05) is 4.88 Å². The third-order valence-electron chi connectivity index (χ3n) is 2.81. The average Bonchev–Trinajstić information content (AvgIpc) is 2.62. The second kappa shape index (κ2) is 4.10. The largest absolute Gasteiger partial charge is 0.144 e. The van der Waals surface area contributed by atoms with Crippen molar-refractivity contribution in [3.05, 3.63) is 28.0 Å². The summed E-state index contributed by atoms with van der Waals surface area (Å²) in [6, 6.07) is 4.33. The molecule has 1 aliphatic rings. The minimum atomic E-state index is 0.945. The van der Waals surface area contributed by atoms with Crippen molar-refractivity contribution >= 4 is 17.4 Å². The quantitative estimate of drug-likeness (QED) is 0.621. The Balaban J connectivity index is 2.02. The minimum Gasteiger partial charge on any atom is -0.144 e. The molecule has 0 saturated heterocycles. The molecule has 0 spiro atoms. The van der Waals surface area contributed by atoms with Crippen LogP contribution in [0.15, 0.2) is 23.1 Å². The van der Waals surface area contributed by atoms with Crippen molar-refractivity contribution in [2.45, 2.75) is 32.6 Å². The van der Waals surface area contributed by atoms with Gasteiger partial charge in [0.15, 0.2) is 0 Å². The van der Waals surface area contributed by atoms with Crippen LogP contribution in [0.5, 0.6) is 0 Å². The fourth-order valence-corrected chi connectivity index (χ4v) is 2.56. The van der Waals surface area contributed by atoms with Crippen LogP contribution in [0.4, 0.5) is 0 Å². The molecule has 13 heavy (non-hydrogen) atoms. The molecule has 1 heterocycles. The smallest absolute Gasteiger partial charge is 0.0269 e. The Labute approximate surface area is 84.3 Å². The van der Waals surface area contributed by atoms with Crippen LogP contribution in [-0.2, 0) is 0 Å². The summed E-state index contributed by atoms with van der Waals surface area (Å²) < 4.78 is 0. The molecule has 0 bridgehead atoms. The lowest BCUT2D eigenvalue weighted by atomic mass is 9.87. The topological polar surface area (TPSA) is 0 Å². The summed E-state index contributed by atoms with van der Waals surface area (Å²) in [7, 11) is 0. The zero-order chi connectivity index (χ0) is 9.10. The maximum atomic E-state index is 2.39. The molecule has 1 aliphatic carbocycles. The molecule has 0 aliphatic heterocycles. The van der Waals surface area contributed by atoms with Gasteiger partial charge in [-0.3, -0.25) is 0 Å². The summed E-state index contributed by atoms with van der Waals surface area (Å²) in [5.41, 5.74) is 1.65. The van der Waals surface area contributed by atoms with Crippen molar-refractivity contribution in [2.24, 2.45) is 5.92 Å². The third kappa shape index (κ3) is 2.44. The van der Waals surface area contributed by atoms with E-state index in [0.29, 0.717) is 0 Å². The van der Waals surface area contributed by atoms with E-state index in [0.717, 1.165) is 5.92 Å². The van der Waals surface area contributed by atoms with Gasteiger partial charge in [0.05, 0.1) is 0 Å². The van der Waals surface area contributed by atoms with Gasteiger partial charge in [0.1, 0.15) is 0 Å². The first-order chi connectivity index (χ1) is 6.34. The molecular formula is C12H16S. The normalized spacial score (nSPS) is 23.2. The molecule has 1 heteroatoms. The van der Waals surface area contributed by atoms with Crippen molar-refractivity contribution in [1.29, 1.82) is 0 Å². The van der Waals surface area contributed by atoms with Crippen LogP contribution in [0.1, 0.15) is 37.5 Å². The van der Waals surface area contributed by atoms with E-state index in [9.17, 15) is 0 Å². The van der Waals surface area contributed by atoms with E-state index in [4.69, 9.17) is 0 Å². The van der Waals surface area contributed by atoms with E-state index < -0.39 is 0 Å². The first-order valence-electron chi connectivity index (χ1n) is 5.07. The van der Waals surface area contributed by atoms with E-state index in [1.54, 1.807) is 5.57 Å². The van der Waals surface area contributed by atoms with Crippen molar-refractivity contribution in [3.8, 4) is 0 Å². The highest BCUT2D eigenvalue weighted by atomic mass is 32.1. The van der Waals surface area contributed by atoms with Gasteiger partial charge in [-0.2, -0.15) is 0 Å². The molecule has 0 N–H and O–H groups in total. The summed E-state index contributed by atoms with van der Waals surface area (Å²) >= 11 is 1.84. The Morgan fingerprint density at radius 2 is 2.15 bits per heavy atom. The van der Waals surface area contributed by atoms with E-state index in [-0.39, 0.29) is 0 Å².